The van der Waals surface area contributed by atoms with Crippen LogP contribution in [0.5, 0.6) is 0 Å². The van der Waals surface area contributed by atoms with Crippen LogP contribution in [-0.2, 0) is 4.79 Å². The Hall–Kier alpha value is -0.610. The number of piperidine rings is 1. The molecule has 0 bridgehead atoms. The van der Waals surface area contributed by atoms with Gasteiger partial charge in [-0.05, 0) is 38.9 Å². The number of hydrogen-bond acceptors (Lipinski definition) is 3. The lowest BCUT2D eigenvalue weighted by Gasteiger charge is -2.39. The molecule has 1 heterocycles. The predicted octanol–water partition coefficient (Wildman–Crippen LogP) is 0.833. The standard InChI is InChI=1S/C13H27N3O/c1-13(2)7-5-8-14-11(13)10-15-12(17)6-9-16(3)4/h11,14H,5-10H2,1-4H3,(H,15,17). The quantitative estimate of drug-likeness (QED) is 0.749. The van der Waals surface area contributed by atoms with E-state index < -0.39 is 0 Å². The van der Waals surface area contributed by atoms with E-state index in [4.69, 9.17) is 0 Å². The van der Waals surface area contributed by atoms with Crippen LogP contribution in [0.2, 0.25) is 0 Å². The lowest BCUT2D eigenvalue weighted by Crippen LogP contribution is -2.52. The molecule has 1 amide bonds. The summed E-state index contributed by atoms with van der Waals surface area (Å²) in [4.78, 5) is 13.7. The fraction of sp³-hybridized carbons (Fsp3) is 0.923. The number of hydrogen-bond donors (Lipinski definition) is 2. The highest BCUT2D eigenvalue weighted by Gasteiger charge is 2.31. The monoisotopic (exact) mass is 241 g/mol. The Morgan fingerprint density at radius 1 is 1.47 bits per heavy atom. The molecule has 1 unspecified atom stereocenters. The number of amides is 1. The molecule has 0 spiro atoms. The van der Waals surface area contributed by atoms with Crippen molar-refractivity contribution in [1.82, 2.24) is 15.5 Å². The van der Waals surface area contributed by atoms with Gasteiger partial charge in [-0.3, -0.25) is 4.79 Å². The lowest BCUT2D eigenvalue weighted by atomic mass is 9.77. The number of nitrogens with one attached hydrogen (secondary N) is 2. The van der Waals surface area contributed by atoms with Crippen LogP contribution >= 0.6 is 0 Å². The molecule has 17 heavy (non-hydrogen) atoms. The molecular weight excluding hydrogens is 214 g/mol. The SMILES string of the molecule is CN(C)CCC(=O)NCC1NCCCC1(C)C. The fourth-order valence-electron chi connectivity index (χ4n) is 2.25. The van der Waals surface area contributed by atoms with Crippen LogP contribution in [0, 0.1) is 5.41 Å². The Kier molecular flexibility index (Phi) is 5.40. The van der Waals surface area contributed by atoms with Gasteiger partial charge in [0.05, 0.1) is 0 Å². The summed E-state index contributed by atoms with van der Waals surface area (Å²) in [5, 5.41) is 6.54. The van der Waals surface area contributed by atoms with E-state index in [0.29, 0.717) is 12.5 Å². The molecule has 1 atom stereocenters. The number of carbonyl (C=O) groups excluding carboxylic acids is 1. The van der Waals surface area contributed by atoms with Gasteiger partial charge in [-0.1, -0.05) is 13.8 Å². The van der Waals surface area contributed by atoms with Crippen molar-refractivity contribution < 1.29 is 4.79 Å². The van der Waals surface area contributed by atoms with Crippen molar-refractivity contribution >= 4 is 5.91 Å². The molecule has 0 aromatic heterocycles. The van der Waals surface area contributed by atoms with Gasteiger partial charge in [0, 0.05) is 25.6 Å². The Morgan fingerprint density at radius 3 is 2.76 bits per heavy atom. The molecule has 2 N–H and O–H groups in total. The molecule has 100 valence electrons. The average molecular weight is 241 g/mol. The molecule has 1 fully saturated rings. The van der Waals surface area contributed by atoms with Gasteiger partial charge < -0.3 is 15.5 Å². The molecule has 0 aromatic rings. The van der Waals surface area contributed by atoms with Gasteiger partial charge in [0.1, 0.15) is 0 Å². The van der Waals surface area contributed by atoms with E-state index in [1.807, 2.05) is 19.0 Å². The molecule has 1 aliphatic rings. The van der Waals surface area contributed by atoms with Crippen LogP contribution < -0.4 is 10.6 Å². The van der Waals surface area contributed by atoms with Crippen molar-refractivity contribution in [2.75, 3.05) is 33.7 Å². The predicted molar refractivity (Wildman–Crippen MR) is 71.0 cm³/mol. The number of rotatable bonds is 5. The van der Waals surface area contributed by atoms with E-state index in [9.17, 15) is 4.79 Å². The van der Waals surface area contributed by atoms with E-state index in [-0.39, 0.29) is 11.3 Å². The minimum absolute atomic E-state index is 0.155. The first-order valence-corrected chi connectivity index (χ1v) is 6.56. The Bertz CT molecular complexity index is 251. The minimum atomic E-state index is 0.155. The summed E-state index contributed by atoms with van der Waals surface area (Å²) in [7, 11) is 3.97. The van der Waals surface area contributed by atoms with E-state index in [2.05, 4.69) is 24.5 Å². The van der Waals surface area contributed by atoms with Gasteiger partial charge in [0.25, 0.3) is 0 Å². The molecule has 4 nitrogen and oxygen atoms in total. The normalized spacial score (nSPS) is 23.7. The molecule has 1 saturated heterocycles. The maximum Gasteiger partial charge on any atom is 0.221 e. The Morgan fingerprint density at radius 2 is 2.18 bits per heavy atom. The molecule has 0 aliphatic carbocycles. The first-order valence-electron chi connectivity index (χ1n) is 6.56. The molecule has 0 radical (unpaired) electrons. The molecule has 0 saturated carbocycles. The van der Waals surface area contributed by atoms with Crippen LogP contribution in [0.25, 0.3) is 0 Å². The van der Waals surface area contributed by atoms with Gasteiger partial charge in [-0.15, -0.1) is 0 Å². The Labute approximate surface area is 105 Å². The van der Waals surface area contributed by atoms with Crippen LogP contribution in [0.1, 0.15) is 33.1 Å². The second kappa shape index (κ2) is 6.36. The number of carbonyl (C=O) groups is 1. The first kappa shape index (κ1) is 14.5. The summed E-state index contributed by atoms with van der Waals surface area (Å²) in [5.41, 5.74) is 0.285. The van der Waals surface area contributed by atoms with Crippen LogP contribution in [0.3, 0.4) is 0 Å². The van der Waals surface area contributed by atoms with Gasteiger partial charge in [-0.2, -0.15) is 0 Å². The van der Waals surface area contributed by atoms with Crippen molar-refractivity contribution in [2.45, 2.75) is 39.2 Å². The third-order valence-corrected chi connectivity index (χ3v) is 3.62. The first-order chi connectivity index (χ1) is 7.92. The smallest absolute Gasteiger partial charge is 0.221 e. The third-order valence-electron chi connectivity index (χ3n) is 3.62. The largest absolute Gasteiger partial charge is 0.354 e. The Balaban J connectivity index is 2.27. The zero-order chi connectivity index (χ0) is 12.9. The van der Waals surface area contributed by atoms with Crippen molar-refractivity contribution in [3.8, 4) is 0 Å². The molecule has 0 aromatic carbocycles. The highest BCUT2D eigenvalue weighted by Crippen LogP contribution is 2.29. The molecule has 4 heteroatoms. The second-order valence-corrected chi connectivity index (χ2v) is 5.96. The number of nitrogens with zero attached hydrogens (tertiary/aromatic N) is 1. The van der Waals surface area contributed by atoms with Crippen molar-refractivity contribution in [1.29, 1.82) is 0 Å². The zero-order valence-corrected chi connectivity index (χ0v) is 11.7. The summed E-state index contributed by atoms with van der Waals surface area (Å²) < 4.78 is 0. The van der Waals surface area contributed by atoms with E-state index in [1.54, 1.807) is 0 Å². The van der Waals surface area contributed by atoms with E-state index in [0.717, 1.165) is 19.6 Å². The van der Waals surface area contributed by atoms with Crippen molar-refractivity contribution in [3.05, 3.63) is 0 Å². The molecular formula is C13H27N3O. The van der Waals surface area contributed by atoms with Gasteiger partial charge >= 0.3 is 0 Å². The van der Waals surface area contributed by atoms with Crippen molar-refractivity contribution in [3.63, 3.8) is 0 Å². The summed E-state index contributed by atoms with van der Waals surface area (Å²) in [6.07, 6.45) is 3.05. The van der Waals surface area contributed by atoms with Crippen LogP contribution in [0.15, 0.2) is 0 Å². The second-order valence-electron chi connectivity index (χ2n) is 5.96. The maximum atomic E-state index is 11.6. The summed E-state index contributed by atoms with van der Waals surface area (Å²) in [5.74, 6) is 0.155. The minimum Gasteiger partial charge on any atom is -0.354 e. The average Bonchev–Trinajstić information content (AvgIpc) is 2.24. The van der Waals surface area contributed by atoms with Gasteiger partial charge in [0.15, 0.2) is 0 Å². The topological polar surface area (TPSA) is 44.4 Å². The summed E-state index contributed by atoms with van der Waals surface area (Å²) in [6, 6.07) is 0.402. The summed E-state index contributed by atoms with van der Waals surface area (Å²) in [6.45, 7) is 7.18. The van der Waals surface area contributed by atoms with E-state index >= 15 is 0 Å². The molecule has 1 rings (SSSR count). The lowest BCUT2D eigenvalue weighted by molar-refractivity contribution is -0.121. The van der Waals surface area contributed by atoms with E-state index in [1.165, 1.54) is 12.8 Å². The third kappa shape index (κ3) is 5.04. The van der Waals surface area contributed by atoms with Gasteiger partial charge in [-0.25, -0.2) is 0 Å². The van der Waals surface area contributed by atoms with Gasteiger partial charge in [0.2, 0.25) is 5.91 Å². The highest BCUT2D eigenvalue weighted by atomic mass is 16.1. The highest BCUT2D eigenvalue weighted by molar-refractivity contribution is 5.76. The summed E-state index contributed by atoms with van der Waals surface area (Å²) >= 11 is 0. The van der Waals surface area contributed by atoms with Crippen LogP contribution in [0.4, 0.5) is 0 Å². The maximum absolute atomic E-state index is 11.6. The van der Waals surface area contributed by atoms with Crippen molar-refractivity contribution in [2.24, 2.45) is 5.41 Å². The molecule has 1 aliphatic heterocycles. The fourth-order valence-corrected chi connectivity index (χ4v) is 2.25. The zero-order valence-electron chi connectivity index (χ0n) is 11.7. The van der Waals surface area contributed by atoms with Crippen LogP contribution in [-0.4, -0.2) is 50.6 Å².